The van der Waals surface area contributed by atoms with E-state index < -0.39 is 4.92 Å². The number of nitro groups is 1. The van der Waals surface area contributed by atoms with Crippen LogP contribution in [0.4, 0.5) is 5.69 Å². The lowest BCUT2D eigenvalue weighted by molar-refractivity contribution is -0.384. The summed E-state index contributed by atoms with van der Waals surface area (Å²) in [4.78, 5) is 11.2. The molecule has 0 spiro atoms. The highest BCUT2D eigenvalue weighted by molar-refractivity contribution is 9.11. The standard InChI is InChI=1S/C11H8BrNO3S/c12-11-5-4-10(17-11)7-16-9-3-1-2-8(6-9)13(14)15/h1-6H,7H2. The van der Waals surface area contributed by atoms with Crippen LogP contribution in [0.2, 0.25) is 0 Å². The van der Waals surface area contributed by atoms with E-state index in [1.54, 1.807) is 23.5 Å². The fourth-order valence-corrected chi connectivity index (χ4v) is 2.67. The third-order valence-electron chi connectivity index (χ3n) is 2.04. The maximum absolute atomic E-state index is 10.6. The number of halogens is 1. The maximum atomic E-state index is 10.6. The molecule has 0 amide bonds. The van der Waals surface area contributed by atoms with E-state index in [-0.39, 0.29) is 5.69 Å². The molecule has 0 N–H and O–H groups in total. The molecule has 2 aromatic rings. The molecule has 0 unspecified atom stereocenters. The van der Waals surface area contributed by atoms with Gasteiger partial charge in [0.05, 0.1) is 14.8 Å². The molecule has 0 saturated heterocycles. The molecule has 6 heteroatoms. The number of non-ortho nitro benzene ring substituents is 1. The van der Waals surface area contributed by atoms with Gasteiger partial charge in [-0.25, -0.2) is 0 Å². The van der Waals surface area contributed by atoms with Crippen LogP contribution in [0.3, 0.4) is 0 Å². The minimum Gasteiger partial charge on any atom is -0.488 e. The first-order valence-corrected chi connectivity index (χ1v) is 6.37. The molecule has 0 atom stereocenters. The number of hydrogen-bond donors (Lipinski definition) is 0. The Morgan fingerprint density at radius 2 is 2.18 bits per heavy atom. The molecule has 1 heterocycles. The Hall–Kier alpha value is -1.40. The van der Waals surface area contributed by atoms with Crippen molar-refractivity contribution in [3.8, 4) is 5.75 Å². The van der Waals surface area contributed by atoms with E-state index in [1.807, 2.05) is 12.1 Å². The quantitative estimate of drug-likeness (QED) is 0.633. The molecule has 0 aliphatic rings. The highest BCUT2D eigenvalue weighted by Crippen LogP contribution is 2.24. The van der Waals surface area contributed by atoms with Crippen LogP contribution >= 0.6 is 27.3 Å². The molecule has 2 rings (SSSR count). The van der Waals surface area contributed by atoms with Crippen molar-refractivity contribution in [2.24, 2.45) is 0 Å². The van der Waals surface area contributed by atoms with E-state index in [0.717, 1.165) is 8.66 Å². The van der Waals surface area contributed by atoms with Crippen LogP contribution in [0.25, 0.3) is 0 Å². The van der Waals surface area contributed by atoms with Crippen molar-refractivity contribution in [1.29, 1.82) is 0 Å². The van der Waals surface area contributed by atoms with Crippen LogP contribution in [0.5, 0.6) is 5.75 Å². The lowest BCUT2D eigenvalue weighted by atomic mass is 10.3. The molecular formula is C11H8BrNO3S. The third kappa shape index (κ3) is 3.28. The van der Waals surface area contributed by atoms with Crippen molar-refractivity contribution < 1.29 is 9.66 Å². The number of hydrogen-bond acceptors (Lipinski definition) is 4. The van der Waals surface area contributed by atoms with E-state index >= 15 is 0 Å². The third-order valence-corrected chi connectivity index (χ3v) is 3.64. The van der Waals surface area contributed by atoms with E-state index in [0.29, 0.717) is 12.4 Å². The molecule has 0 saturated carbocycles. The molecule has 0 aliphatic heterocycles. The number of rotatable bonds is 4. The molecular weight excluding hydrogens is 306 g/mol. The molecule has 1 aromatic carbocycles. The summed E-state index contributed by atoms with van der Waals surface area (Å²) in [5.41, 5.74) is 0.0369. The Morgan fingerprint density at radius 3 is 2.82 bits per heavy atom. The van der Waals surface area contributed by atoms with E-state index in [1.165, 1.54) is 12.1 Å². The van der Waals surface area contributed by atoms with Crippen LogP contribution in [0.15, 0.2) is 40.2 Å². The summed E-state index contributed by atoms with van der Waals surface area (Å²) >= 11 is 4.94. The van der Waals surface area contributed by atoms with Gasteiger partial charge in [-0.15, -0.1) is 11.3 Å². The summed E-state index contributed by atoms with van der Waals surface area (Å²) in [5, 5.41) is 10.6. The fraction of sp³-hybridized carbons (Fsp3) is 0.0909. The van der Waals surface area contributed by atoms with Crippen molar-refractivity contribution in [2.75, 3.05) is 0 Å². The highest BCUT2D eigenvalue weighted by atomic mass is 79.9. The Kier molecular flexibility index (Phi) is 3.75. The second-order valence-corrected chi connectivity index (χ2v) is 5.80. The second-order valence-electron chi connectivity index (χ2n) is 3.25. The number of nitro benzene ring substituents is 1. The predicted molar refractivity (Wildman–Crippen MR) is 69.4 cm³/mol. The number of thiophene rings is 1. The van der Waals surface area contributed by atoms with Gasteiger partial charge >= 0.3 is 0 Å². The maximum Gasteiger partial charge on any atom is 0.273 e. The van der Waals surface area contributed by atoms with Crippen molar-refractivity contribution >= 4 is 33.0 Å². The van der Waals surface area contributed by atoms with Gasteiger partial charge in [-0.05, 0) is 34.1 Å². The number of ether oxygens (including phenoxy) is 1. The summed E-state index contributed by atoms with van der Waals surface area (Å²) in [6.45, 7) is 0.414. The summed E-state index contributed by atoms with van der Waals surface area (Å²) in [6, 6.07) is 10.1. The molecule has 0 fully saturated rings. The summed E-state index contributed by atoms with van der Waals surface area (Å²) in [7, 11) is 0. The highest BCUT2D eigenvalue weighted by Gasteiger charge is 2.06. The minimum absolute atomic E-state index is 0.0369. The SMILES string of the molecule is O=[N+]([O-])c1cccc(OCc2ccc(Br)s2)c1. The van der Waals surface area contributed by atoms with E-state index in [2.05, 4.69) is 15.9 Å². The summed E-state index contributed by atoms with van der Waals surface area (Å²) in [5.74, 6) is 0.503. The minimum atomic E-state index is -0.436. The van der Waals surface area contributed by atoms with Crippen molar-refractivity contribution in [3.63, 3.8) is 0 Å². The average molecular weight is 314 g/mol. The van der Waals surface area contributed by atoms with Gasteiger partial charge in [-0.1, -0.05) is 6.07 Å². The average Bonchev–Trinajstić information content (AvgIpc) is 2.73. The smallest absolute Gasteiger partial charge is 0.273 e. The zero-order valence-electron chi connectivity index (χ0n) is 8.63. The van der Waals surface area contributed by atoms with Gasteiger partial charge in [0.2, 0.25) is 0 Å². The lowest BCUT2D eigenvalue weighted by Crippen LogP contribution is -1.94. The van der Waals surface area contributed by atoms with Gasteiger partial charge in [-0.3, -0.25) is 10.1 Å². The monoisotopic (exact) mass is 313 g/mol. The van der Waals surface area contributed by atoms with Crippen molar-refractivity contribution in [1.82, 2.24) is 0 Å². The zero-order valence-corrected chi connectivity index (χ0v) is 11.0. The van der Waals surface area contributed by atoms with E-state index in [9.17, 15) is 10.1 Å². The van der Waals surface area contributed by atoms with Gasteiger partial charge in [-0.2, -0.15) is 0 Å². The molecule has 0 aliphatic carbocycles. The first-order valence-electron chi connectivity index (χ1n) is 4.76. The van der Waals surface area contributed by atoms with Gasteiger partial charge in [0.1, 0.15) is 12.4 Å². The predicted octanol–water partition coefficient (Wildman–Crippen LogP) is 4.00. The molecule has 0 bridgehead atoms. The Morgan fingerprint density at radius 1 is 1.35 bits per heavy atom. The summed E-state index contributed by atoms with van der Waals surface area (Å²) in [6.07, 6.45) is 0. The zero-order chi connectivity index (χ0) is 12.3. The molecule has 4 nitrogen and oxygen atoms in total. The number of benzene rings is 1. The first-order chi connectivity index (χ1) is 8.15. The summed E-state index contributed by atoms with van der Waals surface area (Å²) < 4.78 is 6.52. The lowest BCUT2D eigenvalue weighted by Gasteiger charge is -2.03. The Bertz CT molecular complexity index is 541. The van der Waals surface area contributed by atoms with Gasteiger partial charge in [0.25, 0.3) is 5.69 Å². The Labute approximate surface area is 110 Å². The largest absolute Gasteiger partial charge is 0.488 e. The van der Waals surface area contributed by atoms with Crippen LogP contribution in [0.1, 0.15) is 4.88 Å². The van der Waals surface area contributed by atoms with Crippen molar-refractivity contribution in [2.45, 2.75) is 6.61 Å². The fourth-order valence-electron chi connectivity index (χ4n) is 1.27. The van der Waals surface area contributed by atoms with Crippen LogP contribution < -0.4 is 4.74 Å². The van der Waals surface area contributed by atoms with Crippen molar-refractivity contribution in [3.05, 3.63) is 55.2 Å². The molecule has 0 radical (unpaired) electrons. The first kappa shape index (κ1) is 12.1. The topological polar surface area (TPSA) is 52.4 Å². The van der Waals surface area contributed by atoms with Crippen LogP contribution in [-0.4, -0.2) is 4.92 Å². The molecule has 1 aromatic heterocycles. The van der Waals surface area contributed by atoms with Gasteiger partial charge < -0.3 is 4.74 Å². The van der Waals surface area contributed by atoms with Crippen LogP contribution in [0, 0.1) is 10.1 Å². The van der Waals surface area contributed by atoms with Gasteiger partial charge in [0.15, 0.2) is 0 Å². The Balaban J connectivity index is 2.04. The molecule has 17 heavy (non-hydrogen) atoms. The van der Waals surface area contributed by atoms with E-state index in [4.69, 9.17) is 4.74 Å². The second kappa shape index (κ2) is 5.29. The van der Waals surface area contributed by atoms with Crippen LogP contribution in [-0.2, 0) is 6.61 Å². The molecule has 88 valence electrons. The normalized spacial score (nSPS) is 10.2. The number of nitrogens with zero attached hydrogens (tertiary/aromatic N) is 1. The van der Waals surface area contributed by atoms with Gasteiger partial charge in [0, 0.05) is 10.9 Å².